The highest BCUT2D eigenvalue weighted by Crippen LogP contribution is 2.22. The number of amides is 1. The Labute approximate surface area is 163 Å². The summed E-state index contributed by atoms with van der Waals surface area (Å²) in [6, 6.07) is 9.47. The first kappa shape index (κ1) is 19.2. The molecule has 1 saturated heterocycles. The predicted molar refractivity (Wildman–Crippen MR) is 100 cm³/mol. The van der Waals surface area contributed by atoms with E-state index in [9.17, 15) is 22.0 Å². The fraction of sp³-hybridized carbons (Fsp3) is 0.235. The van der Waals surface area contributed by atoms with Gasteiger partial charge < -0.3 is 4.90 Å². The van der Waals surface area contributed by atoms with Gasteiger partial charge in [-0.1, -0.05) is 0 Å². The summed E-state index contributed by atoms with van der Waals surface area (Å²) in [6.45, 7) is 0.504. The molecule has 3 rings (SSSR count). The standard InChI is InChI=1S/C17H15F2IN2O3S/c18-13-3-6-16(15(19)11-13)26(24,25)22-9-7-21(8-10-22)17(23)12-1-4-14(20)5-2-12/h1-6,11H,7-10H2. The van der Waals surface area contributed by atoms with Crippen molar-refractivity contribution in [3.63, 3.8) is 0 Å². The average molecular weight is 492 g/mol. The lowest BCUT2D eigenvalue weighted by molar-refractivity contribution is 0.0697. The molecule has 1 aliphatic heterocycles. The Bertz CT molecular complexity index is 928. The van der Waals surface area contributed by atoms with Crippen molar-refractivity contribution in [2.75, 3.05) is 26.2 Å². The number of benzene rings is 2. The Morgan fingerprint density at radius 2 is 1.58 bits per heavy atom. The molecule has 0 spiro atoms. The number of halogens is 3. The normalized spacial score (nSPS) is 15.9. The zero-order valence-corrected chi connectivity index (χ0v) is 16.5. The first-order chi connectivity index (χ1) is 12.3. The van der Waals surface area contributed by atoms with Gasteiger partial charge in [0.1, 0.15) is 16.5 Å². The van der Waals surface area contributed by atoms with E-state index < -0.39 is 26.6 Å². The Balaban J connectivity index is 1.71. The third kappa shape index (κ3) is 3.89. The molecule has 0 N–H and O–H groups in total. The van der Waals surface area contributed by atoms with E-state index in [4.69, 9.17) is 0 Å². The van der Waals surface area contributed by atoms with E-state index >= 15 is 0 Å². The summed E-state index contributed by atoms with van der Waals surface area (Å²) in [5.74, 6) is -2.14. The summed E-state index contributed by atoms with van der Waals surface area (Å²) in [5.41, 5.74) is 0.534. The monoisotopic (exact) mass is 492 g/mol. The van der Waals surface area contributed by atoms with Gasteiger partial charge in [0.25, 0.3) is 5.91 Å². The molecule has 2 aromatic carbocycles. The van der Waals surface area contributed by atoms with Crippen molar-refractivity contribution >= 4 is 38.5 Å². The number of hydrogen-bond donors (Lipinski definition) is 0. The van der Waals surface area contributed by atoms with Crippen LogP contribution < -0.4 is 0 Å². The quantitative estimate of drug-likeness (QED) is 0.620. The summed E-state index contributed by atoms with van der Waals surface area (Å²) >= 11 is 2.14. The summed E-state index contributed by atoms with van der Waals surface area (Å²) in [6.07, 6.45) is 0. The van der Waals surface area contributed by atoms with Gasteiger partial charge in [0.15, 0.2) is 0 Å². The van der Waals surface area contributed by atoms with E-state index in [-0.39, 0.29) is 32.1 Å². The maximum atomic E-state index is 13.8. The maximum Gasteiger partial charge on any atom is 0.253 e. The molecule has 26 heavy (non-hydrogen) atoms. The zero-order valence-electron chi connectivity index (χ0n) is 13.5. The zero-order chi connectivity index (χ0) is 18.9. The Hall–Kier alpha value is -1.59. The topological polar surface area (TPSA) is 57.7 Å². The van der Waals surface area contributed by atoms with Crippen molar-refractivity contribution in [2.45, 2.75) is 4.90 Å². The molecule has 1 amide bonds. The second-order valence-corrected chi connectivity index (χ2v) is 8.93. The van der Waals surface area contributed by atoms with E-state index in [1.165, 1.54) is 0 Å². The summed E-state index contributed by atoms with van der Waals surface area (Å²) in [4.78, 5) is 13.5. The van der Waals surface area contributed by atoms with Gasteiger partial charge >= 0.3 is 0 Å². The molecule has 9 heteroatoms. The minimum absolute atomic E-state index is 0.0509. The van der Waals surface area contributed by atoms with Crippen LogP contribution in [0.2, 0.25) is 0 Å². The first-order valence-corrected chi connectivity index (χ1v) is 10.3. The molecule has 0 aliphatic carbocycles. The number of carbonyl (C=O) groups excluding carboxylic acids is 1. The molecular formula is C17H15F2IN2O3S. The fourth-order valence-corrected chi connectivity index (χ4v) is 4.56. The minimum Gasteiger partial charge on any atom is -0.336 e. The molecule has 1 heterocycles. The molecule has 0 radical (unpaired) electrons. The second-order valence-electron chi connectivity index (χ2n) is 5.78. The Morgan fingerprint density at radius 1 is 0.962 bits per heavy atom. The van der Waals surface area contributed by atoms with E-state index in [1.54, 1.807) is 17.0 Å². The van der Waals surface area contributed by atoms with Gasteiger partial charge in [-0.15, -0.1) is 0 Å². The van der Waals surface area contributed by atoms with Gasteiger partial charge in [-0.25, -0.2) is 17.2 Å². The SMILES string of the molecule is O=C(c1ccc(I)cc1)N1CCN(S(=O)(=O)c2ccc(F)cc2F)CC1. The van der Waals surface area contributed by atoms with Crippen LogP contribution in [0.1, 0.15) is 10.4 Å². The third-order valence-corrected chi connectivity index (χ3v) is 6.78. The van der Waals surface area contributed by atoms with E-state index in [2.05, 4.69) is 22.6 Å². The number of sulfonamides is 1. The number of nitrogens with zero attached hydrogens (tertiary/aromatic N) is 2. The predicted octanol–water partition coefficient (Wildman–Crippen LogP) is 2.72. The van der Waals surface area contributed by atoms with Crippen LogP contribution in [-0.4, -0.2) is 49.7 Å². The van der Waals surface area contributed by atoms with E-state index in [0.29, 0.717) is 11.6 Å². The Morgan fingerprint density at radius 3 is 2.15 bits per heavy atom. The molecule has 138 valence electrons. The average Bonchev–Trinajstić information content (AvgIpc) is 2.61. The van der Waals surface area contributed by atoms with Crippen LogP contribution in [0.4, 0.5) is 8.78 Å². The van der Waals surface area contributed by atoms with Crippen LogP contribution in [0.25, 0.3) is 0 Å². The molecule has 0 aromatic heterocycles. The molecule has 5 nitrogen and oxygen atoms in total. The summed E-state index contributed by atoms with van der Waals surface area (Å²) in [5, 5.41) is 0. The van der Waals surface area contributed by atoms with Gasteiger partial charge in [0, 0.05) is 41.4 Å². The van der Waals surface area contributed by atoms with Gasteiger partial charge in [-0.2, -0.15) is 4.31 Å². The lowest BCUT2D eigenvalue weighted by atomic mass is 10.2. The van der Waals surface area contributed by atoms with Gasteiger partial charge in [0.05, 0.1) is 0 Å². The highest BCUT2D eigenvalue weighted by Gasteiger charge is 2.32. The molecule has 0 atom stereocenters. The van der Waals surface area contributed by atoms with Crippen molar-refractivity contribution in [1.29, 1.82) is 0 Å². The van der Waals surface area contributed by atoms with Crippen LogP contribution in [0.15, 0.2) is 47.4 Å². The van der Waals surface area contributed by atoms with Gasteiger partial charge in [0.2, 0.25) is 10.0 Å². The first-order valence-electron chi connectivity index (χ1n) is 7.79. The van der Waals surface area contributed by atoms with Crippen molar-refractivity contribution in [3.8, 4) is 0 Å². The van der Waals surface area contributed by atoms with Gasteiger partial charge in [-0.3, -0.25) is 4.79 Å². The molecular weight excluding hydrogens is 477 g/mol. The highest BCUT2D eigenvalue weighted by atomic mass is 127. The van der Waals surface area contributed by atoms with E-state index in [1.807, 2.05) is 12.1 Å². The van der Waals surface area contributed by atoms with E-state index in [0.717, 1.165) is 20.0 Å². The lowest BCUT2D eigenvalue weighted by Gasteiger charge is -2.34. The smallest absolute Gasteiger partial charge is 0.253 e. The summed E-state index contributed by atoms with van der Waals surface area (Å²) in [7, 11) is -4.08. The van der Waals surface area contributed by atoms with Crippen LogP contribution >= 0.6 is 22.6 Å². The lowest BCUT2D eigenvalue weighted by Crippen LogP contribution is -2.50. The minimum atomic E-state index is -4.08. The molecule has 1 fully saturated rings. The molecule has 2 aromatic rings. The molecule has 0 bridgehead atoms. The molecule has 0 saturated carbocycles. The fourth-order valence-electron chi connectivity index (χ4n) is 2.73. The van der Waals surface area contributed by atoms with Crippen LogP contribution in [0, 0.1) is 15.2 Å². The number of rotatable bonds is 3. The Kier molecular flexibility index (Phi) is 5.58. The largest absolute Gasteiger partial charge is 0.336 e. The van der Waals surface area contributed by atoms with Crippen LogP contribution in [0.3, 0.4) is 0 Å². The van der Waals surface area contributed by atoms with Crippen molar-refractivity contribution < 1.29 is 22.0 Å². The van der Waals surface area contributed by atoms with Crippen molar-refractivity contribution in [1.82, 2.24) is 9.21 Å². The molecule has 1 aliphatic rings. The van der Waals surface area contributed by atoms with Gasteiger partial charge in [-0.05, 0) is 59.0 Å². The third-order valence-electron chi connectivity index (χ3n) is 4.13. The van der Waals surface area contributed by atoms with Crippen molar-refractivity contribution in [3.05, 3.63) is 63.2 Å². The summed E-state index contributed by atoms with van der Waals surface area (Å²) < 4.78 is 54.1. The second kappa shape index (κ2) is 7.57. The number of hydrogen-bond acceptors (Lipinski definition) is 3. The highest BCUT2D eigenvalue weighted by molar-refractivity contribution is 14.1. The molecule has 0 unspecified atom stereocenters. The van der Waals surface area contributed by atoms with Crippen LogP contribution in [-0.2, 0) is 10.0 Å². The van der Waals surface area contributed by atoms with Crippen LogP contribution in [0.5, 0.6) is 0 Å². The number of piperazine rings is 1. The maximum absolute atomic E-state index is 13.8. The van der Waals surface area contributed by atoms with Crippen molar-refractivity contribution in [2.24, 2.45) is 0 Å². The number of carbonyl (C=O) groups is 1.